The lowest BCUT2D eigenvalue weighted by molar-refractivity contribution is -0.271. The van der Waals surface area contributed by atoms with Crippen molar-refractivity contribution in [2.45, 2.75) is 37.5 Å². The van der Waals surface area contributed by atoms with Gasteiger partial charge >= 0.3 is 6.18 Å². The molecule has 0 saturated carbocycles. The van der Waals surface area contributed by atoms with Gasteiger partial charge in [-0.15, -0.1) is 0 Å². The standard InChI is InChI=1S/C18H25F4NO3S/c1-16(2,14-10-13(19)4-5-15(14)26-3)11-17(24,18(20,21)22)12-23-6-8-27(25)9-7-23/h4-5,10,24H,6-9,11-12H2,1-3H3. The maximum Gasteiger partial charge on any atom is 0.418 e. The van der Waals surface area contributed by atoms with Crippen molar-refractivity contribution in [3.8, 4) is 5.75 Å². The Labute approximate surface area is 159 Å². The van der Waals surface area contributed by atoms with Crippen LogP contribution in [-0.2, 0) is 16.2 Å². The second-order valence-electron chi connectivity index (χ2n) is 7.56. The number of β-amino-alcohol motifs (C(OH)–C–C–N with tert-alkyl or cyclic N) is 1. The molecule has 27 heavy (non-hydrogen) atoms. The number of ether oxygens (including phenoxy) is 1. The van der Waals surface area contributed by atoms with E-state index in [1.807, 2.05) is 0 Å². The first-order valence-electron chi connectivity index (χ1n) is 8.58. The minimum atomic E-state index is -4.87. The molecule has 1 aromatic rings. The number of nitrogens with zero attached hydrogens (tertiary/aromatic N) is 1. The Kier molecular flexibility index (Phi) is 6.59. The molecule has 0 aliphatic carbocycles. The predicted molar refractivity (Wildman–Crippen MR) is 95.9 cm³/mol. The van der Waals surface area contributed by atoms with E-state index in [4.69, 9.17) is 4.74 Å². The van der Waals surface area contributed by atoms with Gasteiger partial charge in [-0.1, -0.05) is 13.8 Å². The molecule has 0 radical (unpaired) electrons. The summed E-state index contributed by atoms with van der Waals surface area (Å²) in [5, 5.41) is 10.6. The number of aliphatic hydroxyl groups is 1. The largest absolute Gasteiger partial charge is 0.496 e. The third-order valence-corrected chi connectivity index (χ3v) is 6.18. The fourth-order valence-electron chi connectivity index (χ4n) is 3.48. The lowest BCUT2D eigenvalue weighted by Crippen LogP contribution is -2.57. The van der Waals surface area contributed by atoms with E-state index in [1.54, 1.807) is 0 Å². The van der Waals surface area contributed by atoms with E-state index in [2.05, 4.69) is 0 Å². The molecule has 154 valence electrons. The summed E-state index contributed by atoms with van der Waals surface area (Å²) in [5.74, 6) is 0.247. The van der Waals surface area contributed by atoms with Gasteiger partial charge in [0.1, 0.15) is 11.6 Å². The first-order chi connectivity index (χ1) is 12.4. The Balaban J connectivity index is 2.32. The van der Waals surface area contributed by atoms with Crippen molar-refractivity contribution in [1.82, 2.24) is 4.90 Å². The zero-order chi connectivity index (χ0) is 20.5. The Hall–Kier alpha value is -1.19. The topological polar surface area (TPSA) is 49.8 Å². The second-order valence-corrected chi connectivity index (χ2v) is 9.25. The molecule has 0 amide bonds. The SMILES string of the molecule is COc1ccc(F)cc1C(C)(C)CC(O)(CN1CCS(=O)CC1)C(F)(F)F. The maximum atomic E-state index is 13.8. The van der Waals surface area contributed by atoms with Crippen LogP contribution in [0.4, 0.5) is 17.6 Å². The molecule has 1 aliphatic rings. The minimum Gasteiger partial charge on any atom is -0.496 e. The third kappa shape index (κ3) is 5.20. The van der Waals surface area contributed by atoms with Gasteiger partial charge in [-0.05, 0) is 30.0 Å². The van der Waals surface area contributed by atoms with E-state index in [9.17, 15) is 26.9 Å². The molecule has 9 heteroatoms. The van der Waals surface area contributed by atoms with Crippen LogP contribution in [0, 0.1) is 5.82 Å². The lowest BCUT2D eigenvalue weighted by Gasteiger charge is -2.41. The average molecular weight is 411 g/mol. The van der Waals surface area contributed by atoms with E-state index < -0.39 is 46.8 Å². The molecule has 1 aromatic carbocycles. The number of halogens is 4. The van der Waals surface area contributed by atoms with Gasteiger partial charge in [0, 0.05) is 47.5 Å². The highest BCUT2D eigenvalue weighted by molar-refractivity contribution is 7.85. The highest BCUT2D eigenvalue weighted by Gasteiger charge is 2.56. The Morgan fingerprint density at radius 2 is 1.81 bits per heavy atom. The summed E-state index contributed by atoms with van der Waals surface area (Å²) in [6.07, 6.45) is -5.54. The number of hydrogen-bond donors (Lipinski definition) is 1. The number of methoxy groups -OCH3 is 1. The van der Waals surface area contributed by atoms with Gasteiger partial charge in [-0.3, -0.25) is 9.11 Å². The van der Waals surface area contributed by atoms with Crippen molar-refractivity contribution in [3.63, 3.8) is 0 Å². The van der Waals surface area contributed by atoms with Crippen LogP contribution in [0.5, 0.6) is 5.75 Å². The van der Waals surface area contributed by atoms with Crippen LogP contribution < -0.4 is 4.74 Å². The van der Waals surface area contributed by atoms with Gasteiger partial charge in [0.15, 0.2) is 5.60 Å². The van der Waals surface area contributed by atoms with Crippen LogP contribution in [0.25, 0.3) is 0 Å². The summed E-state index contributed by atoms with van der Waals surface area (Å²) in [5.41, 5.74) is -3.95. The lowest BCUT2D eigenvalue weighted by atomic mass is 9.74. The molecule has 1 aliphatic heterocycles. The zero-order valence-corrected chi connectivity index (χ0v) is 16.4. The van der Waals surface area contributed by atoms with Crippen molar-refractivity contribution in [3.05, 3.63) is 29.6 Å². The van der Waals surface area contributed by atoms with Gasteiger partial charge in [-0.25, -0.2) is 4.39 Å². The van der Waals surface area contributed by atoms with E-state index in [0.717, 1.165) is 6.07 Å². The highest BCUT2D eigenvalue weighted by Crippen LogP contribution is 2.44. The van der Waals surface area contributed by atoms with Gasteiger partial charge in [0.2, 0.25) is 0 Å². The molecule has 1 atom stereocenters. The Bertz CT molecular complexity index is 686. The molecule has 0 spiro atoms. The quantitative estimate of drug-likeness (QED) is 0.732. The first kappa shape index (κ1) is 22.1. The van der Waals surface area contributed by atoms with Gasteiger partial charge in [-0.2, -0.15) is 13.2 Å². The molecule has 1 N–H and O–H groups in total. The summed E-state index contributed by atoms with van der Waals surface area (Å²) in [4.78, 5) is 1.48. The monoisotopic (exact) mass is 411 g/mol. The first-order valence-corrected chi connectivity index (χ1v) is 10.1. The number of alkyl halides is 3. The zero-order valence-electron chi connectivity index (χ0n) is 15.6. The van der Waals surface area contributed by atoms with Gasteiger partial charge in [0.05, 0.1) is 7.11 Å². The van der Waals surface area contributed by atoms with E-state index in [0.29, 0.717) is 0 Å². The van der Waals surface area contributed by atoms with Crippen LogP contribution in [-0.4, -0.2) is 64.2 Å². The summed E-state index contributed by atoms with van der Waals surface area (Å²) < 4.78 is 71.7. The van der Waals surface area contributed by atoms with Crippen molar-refractivity contribution < 1.29 is 31.6 Å². The number of benzene rings is 1. The van der Waals surface area contributed by atoms with Crippen molar-refractivity contribution >= 4 is 10.8 Å². The molecule has 0 bridgehead atoms. The summed E-state index contributed by atoms with van der Waals surface area (Å²) >= 11 is 0. The number of hydrogen-bond acceptors (Lipinski definition) is 4. The molecule has 1 saturated heterocycles. The van der Waals surface area contributed by atoms with Gasteiger partial charge in [0.25, 0.3) is 0 Å². The van der Waals surface area contributed by atoms with Crippen LogP contribution in [0.15, 0.2) is 18.2 Å². The minimum absolute atomic E-state index is 0.231. The molecule has 2 rings (SSSR count). The molecule has 0 aromatic heterocycles. The molecule has 1 unspecified atom stereocenters. The van der Waals surface area contributed by atoms with E-state index >= 15 is 0 Å². The molecule has 1 heterocycles. The third-order valence-electron chi connectivity index (χ3n) is 4.91. The van der Waals surface area contributed by atoms with Crippen LogP contribution >= 0.6 is 0 Å². The Morgan fingerprint density at radius 1 is 1.22 bits per heavy atom. The smallest absolute Gasteiger partial charge is 0.418 e. The predicted octanol–water partition coefficient (Wildman–Crippen LogP) is 2.86. The average Bonchev–Trinajstić information content (AvgIpc) is 2.55. The van der Waals surface area contributed by atoms with Crippen LogP contribution in [0.2, 0.25) is 0 Å². The summed E-state index contributed by atoms with van der Waals surface area (Å²) in [7, 11) is 0.329. The van der Waals surface area contributed by atoms with Crippen molar-refractivity contribution in [2.24, 2.45) is 0 Å². The molecular formula is C18H25F4NO3S. The fourth-order valence-corrected chi connectivity index (χ4v) is 4.61. The summed E-state index contributed by atoms with van der Waals surface area (Å²) in [6, 6.07) is 3.67. The molecular weight excluding hydrogens is 386 g/mol. The van der Waals surface area contributed by atoms with Gasteiger partial charge < -0.3 is 9.84 Å². The summed E-state index contributed by atoms with van der Waals surface area (Å²) in [6.45, 7) is 2.89. The van der Waals surface area contributed by atoms with E-state index in [1.165, 1.54) is 38.0 Å². The highest BCUT2D eigenvalue weighted by atomic mass is 32.2. The van der Waals surface area contributed by atoms with Crippen molar-refractivity contribution in [2.75, 3.05) is 38.2 Å². The maximum absolute atomic E-state index is 13.8. The van der Waals surface area contributed by atoms with Crippen molar-refractivity contribution in [1.29, 1.82) is 0 Å². The Morgan fingerprint density at radius 3 is 2.33 bits per heavy atom. The molecule has 1 fully saturated rings. The normalized spacial score (nSPS) is 19.7. The second kappa shape index (κ2) is 8.05. The number of rotatable bonds is 6. The molecule has 4 nitrogen and oxygen atoms in total. The van der Waals surface area contributed by atoms with Crippen LogP contribution in [0.1, 0.15) is 25.8 Å². The fraction of sp³-hybridized carbons (Fsp3) is 0.667. The van der Waals surface area contributed by atoms with E-state index in [-0.39, 0.29) is 35.9 Å². The van der Waals surface area contributed by atoms with Crippen LogP contribution in [0.3, 0.4) is 0 Å².